The minimum atomic E-state index is -3.71. The summed E-state index contributed by atoms with van der Waals surface area (Å²) in [5.74, 6) is 0.328. The number of nitrogens with two attached hydrogens (primary N) is 1. The fourth-order valence-corrected chi connectivity index (χ4v) is 2.16. The maximum absolute atomic E-state index is 11.2. The van der Waals surface area contributed by atoms with E-state index in [1.165, 1.54) is 6.07 Å². The van der Waals surface area contributed by atoms with E-state index in [-0.39, 0.29) is 11.0 Å². The lowest BCUT2D eigenvalue weighted by atomic mass is 10.3. The molecule has 1 aromatic rings. The Hall–Kier alpha value is -0.590. The zero-order valence-electron chi connectivity index (χ0n) is 7.81. The van der Waals surface area contributed by atoms with E-state index in [1.807, 2.05) is 0 Å². The van der Waals surface area contributed by atoms with E-state index >= 15 is 0 Å². The van der Waals surface area contributed by atoms with E-state index in [9.17, 15) is 8.42 Å². The summed E-state index contributed by atoms with van der Waals surface area (Å²) < 4.78 is 28.7. The molecule has 1 aliphatic rings. The minimum absolute atomic E-state index is 0.0394. The monoisotopic (exact) mass is 291 g/mol. The van der Waals surface area contributed by atoms with Crippen LogP contribution in [0.25, 0.3) is 0 Å². The third-order valence-corrected chi connectivity index (χ3v) is 3.47. The predicted octanol–water partition coefficient (Wildman–Crippen LogP) is 1.64. The van der Waals surface area contributed by atoms with E-state index in [2.05, 4.69) is 15.9 Å². The number of rotatable bonds is 3. The Balaban J connectivity index is 2.43. The summed E-state index contributed by atoms with van der Waals surface area (Å²) in [6.07, 6.45) is 2.08. The second-order valence-corrected chi connectivity index (χ2v) is 5.90. The van der Waals surface area contributed by atoms with Gasteiger partial charge in [-0.25, -0.2) is 13.6 Å². The van der Waals surface area contributed by atoms with Gasteiger partial charge in [0, 0.05) is 4.47 Å². The van der Waals surface area contributed by atoms with Gasteiger partial charge in [-0.2, -0.15) is 0 Å². The van der Waals surface area contributed by atoms with Crippen molar-refractivity contribution in [1.29, 1.82) is 0 Å². The largest absolute Gasteiger partial charge is 0.489 e. The molecule has 4 nitrogen and oxygen atoms in total. The van der Waals surface area contributed by atoms with Crippen LogP contribution in [-0.4, -0.2) is 14.5 Å². The molecule has 15 heavy (non-hydrogen) atoms. The molecule has 0 aromatic heterocycles. The van der Waals surface area contributed by atoms with Gasteiger partial charge in [0.1, 0.15) is 10.6 Å². The van der Waals surface area contributed by atoms with Crippen molar-refractivity contribution in [2.75, 3.05) is 0 Å². The zero-order valence-corrected chi connectivity index (χ0v) is 10.2. The minimum Gasteiger partial charge on any atom is -0.489 e. The Bertz CT molecular complexity index is 482. The van der Waals surface area contributed by atoms with Gasteiger partial charge in [-0.05, 0) is 31.0 Å². The Morgan fingerprint density at radius 2 is 2.07 bits per heavy atom. The maximum atomic E-state index is 11.2. The van der Waals surface area contributed by atoms with Crippen molar-refractivity contribution >= 4 is 26.0 Å². The van der Waals surface area contributed by atoms with Gasteiger partial charge in [0.2, 0.25) is 10.0 Å². The molecule has 0 radical (unpaired) electrons. The summed E-state index contributed by atoms with van der Waals surface area (Å²) in [6, 6.07) is 4.69. The van der Waals surface area contributed by atoms with E-state index in [4.69, 9.17) is 9.88 Å². The Kier molecular flexibility index (Phi) is 2.74. The molecule has 1 aromatic carbocycles. The number of benzene rings is 1. The fourth-order valence-electron chi connectivity index (χ4n) is 1.17. The molecule has 2 rings (SSSR count). The Labute approximate surface area is 96.6 Å². The topological polar surface area (TPSA) is 69.4 Å². The summed E-state index contributed by atoms with van der Waals surface area (Å²) in [7, 11) is -3.71. The third kappa shape index (κ3) is 2.70. The van der Waals surface area contributed by atoms with E-state index in [1.54, 1.807) is 12.1 Å². The predicted molar refractivity (Wildman–Crippen MR) is 59.2 cm³/mol. The van der Waals surface area contributed by atoms with Crippen molar-refractivity contribution in [3.63, 3.8) is 0 Å². The molecule has 0 saturated heterocycles. The molecule has 1 saturated carbocycles. The van der Waals surface area contributed by atoms with Gasteiger partial charge in [-0.3, -0.25) is 0 Å². The van der Waals surface area contributed by atoms with Crippen LogP contribution in [-0.2, 0) is 10.0 Å². The molecule has 0 aliphatic heterocycles. The van der Waals surface area contributed by atoms with Crippen LogP contribution in [0.15, 0.2) is 27.6 Å². The molecule has 0 unspecified atom stereocenters. The second kappa shape index (κ2) is 3.77. The van der Waals surface area contributed by atoms with E-state index in [0.717, 1.165) is 17.3 Å². The van der Waals surface area contributed by atoms with Crippen LogP contribution in [0.4, 0.5) is 0 Å². The average Bonchev–Trinajstić information content (AvgIpc) is 2.85. The van der Waals surface area contributed by atoms with Crippen LogP contribution < -0.4 is 9.88 Å². The first-order valence-corrected chi connectivity index (χ1v) is 6.80. The first-order valence-electron chi connectivity index (χ1n) is 4.46. The number of hydrogen-bond donors (Lipinski definition) is 1. The number of halogens is 1. The highest BCUT2D eigenvalue weighted by molar-refractivity contribution is 9.10. The first kappa shape index (κ1) is 10.9. The zero-order chi connectivity index (χ0) is 11.1. The molecule has 0 amide bonds. The lowest BCUT2D eigenvalue weighted by Crippen LogP contribution is -2.14. The average molecular weight is 292 g/mol. The lowest BCUT2D eigenvalue weighted by molar-refractivity contribution is 0.295. The summed E-state index contributed by atoms with van der Waals surface area (Å²) in [4.78, 5) is 0.0394. The van der Waals surface area contributed by atoms with Gasteiger partial charge in [-0.15, -0.1) is 0 Å². The van der Waals surface area contributed by atoms with Gasteiger partial charge in [0.25, 0.3) is 0 Å². The molecule has 0 heterocycles. The molecule has 0 bridgehead atoms. The number of sulfonamides is 1. The van der Waals surface area contributed by atoms with Crippen molar-refractivity contribution < 1.29 is 13.2 Å². The maximum Gasteiger partial charge on any atom is 0.241 e. The van der Waals surface area contributed by atoms with Crippen molar-refractivity contribution in [3.05, 3.63) is 22.7 Å². The number of hydrogen-bond acceptors (Lipinski definition) is 3. The van der Waals surface area contributed by atoms with Crippen LogP contribution in [0.2, 0.25) is 0 Å². The third-order valence-electron chi connectivity index (χ3n) is 2.03. The van der Waals surface area contributed by atoms with Crippen molar-refractivity contribution in [3.8, 4) is 5.75 Å². The summed E-state index contributed by atoms with van der Waals surface area (Å²) >= 11 is 3.26. The normalized spacial score (nSPS) is 16.4. The molecular weight excluding hydrogens is 282 g/mol. The number of ether oxygens (including phenoxy) is 1. The highest BCUT2D eigenvalue weighted by Crippen LogP contribution is 2.32. The fraction of sp³-hybridized carbons (Fsp3) is 0.333. The van der Waals surface area contributed by atoms with Crippen LogP contribution in [0, 0.1) is 0 Å². The standard InChI is InChI=1S/C9H10BrNO3S/c10-6-1-4-9(15(11,12)13)8(5-6)14-7-2-3-7/h1,4-5,7H,2-3H2,(H2,11,12,13). The van der Waals surface area contributed by atoms with E-state index < -0.39 is 10.0 Å². The molecule has 1 fully saturated rings. The molecule has 2 N–H and O–H groups in total. The van der Waals surface area contributed by atoms with Crippen molar-refractivity contribution in [2.45, 2.75) is 23.8 Å². The van der Waals surface area contributed by atoms with E-state index in [0.29, 0.717) is 5.75 Å². The smallest absolute Gasteiger partial charge is 0.241 e. The Morgan fingerprint density at radius 3 is 2.60 bits per heavy atom. The van der Waals surface area contributed by atoms with Gasteiger partial charge in [-0.1, -0.05) is 15.9 Å². The number of primary sulfonamides is 1. The lowest BCUT2D eigenvalue weighted by Gasteiger charge is -2.09. The highest BCUT2D eigenvalue weighted by Gasteiger charge is 2.26. The van der Waals surface area contributed by atoms with Crippen LogP contribution in [0.1, 0.15) is 12.8 Å². The van der Waals surface area contributed by atoms with Gasteiger partial charge < -0.3 is 4.74 Å². The molecular formula is C9H10BrNO3S. The Morgan fingerprint density at radius 1 is 1.40 bits per heavy atom. The molecule has 82 valence electrons. The highest BCUT2D eigenvalue weighted by atomic mass is 79.9. The van der Waals surface area contributed by atoms with Gasteiger partial charge in [0.15, 0.2) is 0 Å². The van der Waals surface area contributed by atoms with Gasteiger partial charge >= 0.3 is 0 Å². The summed E-state index contributed by atoms with van der Waals surface area (Å²) in [5.41, 5.74) is 0. The molecule has 6 heteroatoms. The summed E-state index contributed by atoms with van der Waals surface area (Å²) in [5, 5.41) is 5.08. The summed E-state index contributed by atoms with van der Waals surface area (Å²) in [6.45, 7) is 0. The van der Waals surface area contributed by atoms with Crippen LogP contribution >= 0.6 is 15.9 Å². The quantitative estimate of drug-likeness (QED) is 0.920. The molecule has 0 atom stereocenters. The van der Waals surface area contributed by atoms with Crippen molar-refractivity contribution in [1.82, 2.24) is 0 Å². The van der Waals surface area contributed by atoms with Crippen molar-refractivity contribution in [2.24, 2.45) is 5.14 Å². The molecule has 1 aliphatic carbocycles. The SMILES string of the molecule is NS(=O)(=O)c1ccc(Br)cc1OC1CC1. The van der Waals surface area contributed by atoms with Crippen LogP contribution in [0.5, 0.6) is 5.75 Å². The molecule has 0 spiro atoms. The van der Waals surface area contributed by atoms with Gasteiger partial charge in [0.05, 0.1) is 6.10 Å². The van der Waals surface area contributed by atoms with Crippen LogP contribution in [0.3, 0.4) is 0 Å². The second-order valence-electron chi connectivity index (χ2n) is 3.45. The first-order chi connectivity index (χ1) is 6.97.